The first-order valence-electron chi connectivity index (χ1n) is 7.70. The molecule has 20 heavy (non-hydrogen) atoms. The highest BCUT2D eigenvalue weighted by Crippen LogP contribution is 2.30. The monoisotopic (exact) mass is 284 g/mol. The molecule has 0 radical (unpaired) electrons. The van der Waals surface area contributed by atoms with Gasteiger partial charge in [-0.25, -0.2) is 0 Å². The molecule has 0 aromatic carbocycles. The van der Waals surface area contributed by atoms with Gasteiger partial charge in [0.2, 0.25) is 0 Å². The molecule has 1 saturated heterocycles. The van der Waals surface area contributed by atoms with E-state index in [-0.39, 0.29) is 28.9 Å². The minimum Gasteiger partial charge on any atom is -0.466 e. The van der Waals surface area contributed by atoms with Crippen molar-refractivity contribution in [3.8, 4) is 0 Å². The standard InChI is InChI=1S/C16H32N2O2/c1-8-20-13(19)9-11-14(16(5,6)7)18-12(10-17-11)15(2,3)4/h11-12,14,17-18H,8-10H2,1-7H3. The predicted octanol–water partition coefficient (Wildman–Crippen LogP) is 2.33. The van der Waals surface area contributed by atoms with Gasteiger partial charge >= 0.3 is 5.97 Å². The van der Waals surface area contributed by atoms with E-state index in [0.717, 1.165) is 6.54 Å². The van der Waals surface area contributed by atoms with Crippen LogP contribution < -0.4 is 10.6 Å². The average Bonchev–Trinajstić information content (AvgIpc) is 2.26. The van der Waals surface area contributed by atoms with E-state index in [1.807, 2.05) is 6.92 Å². The lowest BCUT2D eigenvalue weighted by Crippen LogP contribution is -2.67. The Morgan fingerprint density at radius 2 is 1.75 bits per heavy atom. The van der Waals surface area contributed by atoms with E-state index in [1.54, 1.807) is 0 Å². The second kappa shape index (κ2) is 6.44. The Morgan fingerprint density at radius 3 is 2.20 bits per heavy atom. The molecule has 1 fully saturated rings. The van der Waals surface area contributed by atoms with E-state index in [1.165, 1.54) is 0 Å². The van der Waals surface area contributed by atoms with Crippen LogP contribution in [-0.4, -0.2) is 37.2 Å². The molecule has 4 nitrogen and oxygen atoms in total. The lowest BCUT2D eigenvalue weighted by molar-refractivity contribution is -0.144. The molecular weight excluding hydrogens is 252 g/mol. The third-order valence-electron chi connectivity index (χ3n) is 4.04. The van der Waals surface area contributed by atoms with Crippen molar-refractivity contribution >= 4 is 5.97 Å². The largest absolute Gasteiger partial charge is 0.466 e. The molecule has 3 atom stereocenters. The summed E-state index contributed by atoms with van der Waals surface area (Å²) in [5.41, 5.74) is 0.291. The molecule has 0 saturated carbocycles. The second-order valence-corrected chi connectivity index (χ2v) is 7.95. The third-order valence-corrected chi connectivity index (χ3v) is 4.04. The van der Waals surface area contributed by atoms with Crippen LogP contribution in [0.1, 0.15) is 54.9 Å². The fourth-order valence-corrected chi connectivity index (χ4v) is 2.78. The highest BCUT2D eigenvalue weighted by atomic mass is 16.5. The van der Waals surface area contributed by atoms with Crippen LogP contribution in [0, 0.1) is 10.8 Å². The summed E-state index contributed by atoms with van der Waals surface area (Å²) < 4.78 is 5.09. The topological polar surface area (TPSA) is 50.4 Å². The summed E-state index contributed by atoms with van der Waals surface area (Å²) in [4.78, 5) is 11.8. The van der Waals surface area contributed by atoms with Crippen LogP contribution in [0.4, 0.5) is 0 Å². The normalized spacial score (nSPS) is 28.2. The zero-order valence-corrected chi connectivity index (χ0v) is 14.2. The molecule has 0 aliphatic carbocycles. The van der Waals surface area contributed by atoms with Crippen LogP contribution in [-0.2, 0) is 9.53 Å². The summed E-state index contributed by atoms with van der Waals surface area (Å²) in [6.45, 7) is 16.6. The molecule has 0 amide bonds. The van der Waals surface area contributed by atoms with E-state index in [2.05, 4.69) is 52.2 Å². The Labute approximate surface area is 124 Å². The number of carbonyl (C=O) groups excluding carboxylic acids is 1. The molecule has 3 unspecified atom stereocenters. The zero-order valence-electron chi connectivity index (χ0n) is 14.2. The van der Waals surface area contributed by atoms with E-state index in [4.69, 9.17) is 4.74 Å². The van der Waals surface area contributed by atoms with Gasteiger partial charge in [-0.2, -0.15) is 0 Å². The average molecular weight is 284 g/mol. The first-order valence-corrected chi connectivity index (χ1v) is 7.70. The molecule has 0 spiro atoms. The number of nitrogens with one attached hydrogen (secondary N) is 2. The van der Waals surface area contributed by atoms with Crippen molar-refractivity contribution in [1.29, 1.82) is 0 Å². The maximum absolute atomic E-state index is 11.8. The highest BCUT2D eigenvalue weighted by Gasteiger charge is 2.41. The van der Waals surface area contributed by atoms with Gasteiger partial charge in [-0.3, -0.25) is 4.79 Å². The Kier molecular flexibility index (Phi) is 5.61. The van der Waals surface area contributed by atoms with Crippen molar-refractivity contribution in [2.24, 2.45) is 10.8 Å². The Bertz CT molecular complexity index is 328. The van der Waals surface area contributed by atoms with Gasteiger partial charge in [-0.1, -0.05) is 41.5 Å². The van der Waals surface area contributed by atoms with E-state index in [0.29, 0.717) is 19.1 Å². The Balaban J connectivity index is 2.78. The van der Waals surface area contributed by atoms with Crippen molar-refractivity contribution in [2.45, 2.75) is 73.0 Å². The third kappa shape index (κ3) is 4.74. The smallest absolute Gasteiger partial charge is 0.307 e. The van der Waals surface area contributed by atoms with Crippen LogP contribution in [0.15, 0.2) is 0 Å². The lowest BCUT2D eigenvalue weighted by atomic mass is 9.76. The number of rotatable bonds is 3. The van der Waals surface area contributed by atoms with Gasteiger partial charge in [0.15, 0.2) is 0 Å². The van der Waals surface area contributed by atoms with Gasteiger partial charge in [-0.15, -0.1) is 0 Å². The fourth-order valence-electron chi connectivity index (χ4n) is 2.78. The molecule has 1 aliphatic rings. The van der Waals surface area contributed by atoms with Gasteiger partial charge in [-0.05, 0) is 17.8 Å². The number of piperazine rings is 1. The summed E-state index contributed by atoms with van der Waals surface area (Å²) in [6, 6.07) is 0.794. The summed E-state index contributed by atoms with van der Waals surface area (Å²) >= 11 is 0. The molecule has 0 aromatic rings. The predicted molar refractivity (Wildman–Crippen MR) is 82.7 cm³/mol. The molecule has 1 rings (SSSR count). The number of esters is 1. The molecule has 1 aliphatic heterocycles. The number of carbonyl (C=O) groups is 1. The van der Waals surface area contributed by atoms with Crippen molar-refractivity contribution in [1.82, 2.24) is 10.6 Å². The zero-order chi connectivity index (χ0) is 15.6. The van der Waals surface area contributed by atoms with Gasteiger partial charge in [0, 0.05) is 24.7 Å². The van der Waals surface area contributed by atoms with Crippen LogP contribution in [0.5, 0.6) is 0 Å². The molecule has 0 aromatic heterocycles. The van der Waals surface area contributed by atoms with Crippen LogP contribution in [0.2, 0.25) is 0 Å². The first kappa shape index (κ1) is 17.4. The van der Waals surface area contributed by atoms with Crippen LogP contribution in [0.3, 0.4) is 0 Å². The van der Waals surface area contributed by atoms with E-state index < -0.39 is 0 Å². The highest BCUT2D eigenvalue weighted by molar-refractivity contribution is 5.70. The molecule has 2 N–H and O–H groups in total. The van der Waals surface area contributed by atoms with E-state index >= 15 is 0 Å². The van der Waals surface area contributed by atoms with Gasteiger partial charge in [0.05, 0.1) is 13.0 Å². The number of ether oxygens (including phenoxy) is 1. The lowest BCUT2D eigenvalue weighted by Gasteiger charge is -2.48. The molecule has 118 valence electrons. The maximum Gasteiger partial charge on any atom is 0.307 e. The number of hydrogen-bond donors (Lipinski definition) is 2. The molecule has 1 heterocycles. The summed E-state index contributed by atoms with van der Waals surface area (Å²) in [6.07, 6.45) is 0.430. The first-order chi connectivity index (χ1) is 9.05. The Hall–Kier alpha value is -0.610. The summed E-state index contributed by atoms with van der Waals surface area (Å²) in [7, 11) is 0. The number of hydrogen-bond acceptors (Lipinski definition) is 4. The van der Waals surface area contributed by atoms with Crippen molar-refractivity contribution in [3.05, 3.63) is 0 Å². The van der Waals surface area contributed by atoms with Gasteiger partial charge in [0.25, 0.3) is 0 Å². The van der Waals surface area contributed by atoms with Crippen molar-refractivity contribution < 1.29 is 9.53 Å². The maximum atomic E-state index is 11.8. The Morgan fingerprint density at radius 1 is 1.15 bits per heavy atom. The minimum absolute atomic E-state index is 0.0914. The second-order valence-electron chi connectivity index (χ2n) is 7.95. The van der Waals surface area contributed by atoms with Crippen molar-refractivity contribution in [3.63, 3.8) is 0 Å². The van der Waals surface area contributed by atoms with E-state index in [9.17, 15) is 4.79 Å². The van der Waals surface area contributed by atoms with Crippen LogP contribution in [0.25, 0.3) is 0 Å². The minimum atomic E-state index is -0.116. The molecular formula is C16H32N2O2. The van der Waals surface area contributed by atoms with Gasteiger partial charge < -0.3 is 15.4 Å². The fraction of sp³-hybridized carbons (Fsp3) is 0.938. The quantitative estimate of drug-likeness (QED) is 0.781. The van der Waals surface area contributed by atoms with Crippen LogP contribution >= 0.6 is 0 Å². The van der Waals surface area contributed by atoms with Crippen molar-refractivity contribution in [2.75, 3.05) is 13.2 Å². The summed E-state index contributed by atoms with van der Waals surface area (Å²) in [5.74, 6) is -0.116. The molecule has 0 bridgehead atoms. The summed E-state index contributed by atoms with van der Waals surface area (Å²) in [5, 5.41) is 7.32. The SMILES string of the molecule is CCOC(=O)CC1NCC(C(C)(C)C)NC1C(C)(C)C. The van der Waals surface area contributed by atoms with Gasteiger partial charge in [0.1, 0.15) is 0 Å². The molecule has 4 heteroatoms.